The fourth-order valence-corrected chi connectivity index (χ4v) is 10.5. The van der Waals surface area contributed by atoms with Gasteiger partial charge in [0.25, 0.3) is 0 Å². The molecule has 2 nitrogen and oxygen atoms in total. The minimum Gasteiger partial charge on any atom is -0.344 e. The van der Waals surface area contributed by atoms with Gasteiger partial charge in [-0.05, 0) is 173 Å². The molecule has 2 heterocycles. The van der Waals surface area contributed by atoms with E-state index in [1.54, 1.807) is 0 Å². The fourth-order valence-electron chi connectivity index (χ4n) is 10.5. The lowest BCUT2D eigenvalue weighted by Crippen LogP contribution is -2.11. The molecule has 10 aromatic rings. The molecule has 10 aromatic carbocycles. The first kappa shape index (κ1) is 33.3. The van der Waals surface area contributed by atoms with Crippen LogP contribution in [0.5, 0.6) is 0 Å². The number of nitrogens with zero attached hydrogens (tertiary/aromatic N) is 2. The molecule has 58 heavy (non-hydrogen) atoms. The molecule has 0 aliphatic carbocycles. The van der Waals surface area contributed by atoms with Crippen molar-refractivity contribution in [3.63, 3.8) is 0 Å². The van der Waals surface area contributed by atoms with Gasteiger partial charge in [-0.25, -0.2) is 0 Å². The maximum atomic E-state index is 2.48. The molecule has 2 aliphatic rings. The number of anilines is 4. The predicted molar refractivity (Wildman–Crippen MR) is 249 cm³/mol. The zero-order chi connectivity index (χ0) is 38.5. The molecule has 0 N–H and O–H groups in total. The van der Waals surface area contributed by atoms with Crippen LogP contribution >= 0.6 is 0 Å². The van der Waals surface area contributed by atoms with Crippen LogP contribution in [0, 0.1) is 0 Å². The molecule has 2 aliphatic heterocycles. The first-order valence-corrected chi connectivity index (χ1v) is 20.7. The van der Waals surface area contributed by atoms with Crippen LogP contribution in [0.1, 0.15) is 22.3 Å². The van der Waals surface area contributed by atoms with Crippen molar-refractivity contribution in [1.29, 1.82) is 0 Å². The Kier molecular flexibility index (Phi) is 7.35. The highest BCUT2D eigenvalue weighted by Crippen LogP contribution is 2.47. The van der Waals surface area contributed by atoms with Crippen molar-refractivity contribution in [2.75, 3.05) is 23.9 Å². The maximum Gasteiger partial charge on any atom is 0.0441 e. The molecular formula is C56H42N2. The summed E-state index contributed by atoms with van der Waals surface area (Å²) in [5.41, 5.74) is 15.9. The molecule has 0 unspecified atom stereocenters. The highest BCUT2D eigenvalue weighted by atomic mass is 15.1. The van der Waals surface area contributed by atoms with Gasteiger partial charge in [0.2, 0.25) is 0 Å². The lowest BCUT2D eigenvalue weighted by molar-refractivity contribution is 0.978. The molecule has 0 aromatic heterocycles. The van der Waals surface area contributed by atoms with Gasteiger partial charge in [0.15, 0.2) is 0 Å². The van der Waals surface area contributed by atoms with E-state index in [1.165, 1.54) is 121 Å². The van der Waals surface area contributed by atoms with E-state index in [-0.39, 0.29) is 0 Å². The van der Waals surface area contributed by atoms with Crippen molar-refractivity contribution < 1.29 is 0 Å². The topological polar surface area (TPSA) is 6.48 Å². The fraction of sp³-hybridized carbons (Fsp3) is 0.107. The van der Waals surface area contributed by atoms with Crippen molar-refractivity contribution in [3.05, 3.63) is 192 Å². The number of hydrogen-bond donors (Lipinski definition) is 0. The molecule has 0 saturated heterocycles. The highest BCUT2D eigenvalue weighted by molar-refractivity contribution is 6.39. The summed E-state index contributed by atoms with van der Waals surface area (Å²) in [7, 11) is 4.42. The SMILES string of the molecule is CN1c2ccccc2CCc2cc(-c3ccc4c5ccccc5c5c6cc(-c7ccc8c(c7)CCc7ccccc7N8C)ccc6c6ccccc6c5c4c3)ccc21. The Morgan fingerprint density at radius 3 is 1.07 bits per heavy atom. The molecule has 0 amide bonds. The Morgan fingerprint density at radius 1 is 0.276 bits per heavy atom. The Hall–Kier alpha value is -6.90. The predicted octanol–water partition coefficient (Wildman–Crippen LogP) is 14.5. The number of benzene rings is 10. The first-order chi connectivity index (χ1) is 28.6. The Bertz CT molecular complexity index is 3110. The molecule has 0 saturated carbocycles. The minimum absolute atomic E-state index is 1.03. The van der Waals surface area contributed by atoms with Crippen LogP contribution in [0.2, 0.25) is 0 Å². The Labute approximate surface area is 339 Å². The maximum absolute atomic E-state index is 2.48. The second kappa shape index (κ2) is 12.8. The van der Waals surface area contributed by atoms with Gasteiger partial charge < -0.3 is 9.80 Å². The summed E-state index contributed by atoms with van der Waals surface area (Å²) in [5.74, 6) is 0. The van der Waals surface area contributed by atoms with Gasteiger partial charge in [-0.3, -0.25) is 0 Å². The van der Waals surface area contributed by atoms with Gasteiger partial charge >= 0.3 is 0 Å². The zero-order valence-corrected chi connectivity index (χ0v) is 32.9. The lowest BCUT2D eigenvalue weighted by atomic mass is 9.85. The van der Waals surface area contributed by atoms with E-state index in [0.717, 1.165) is 25.7 Å². The summed E-state index contributed by atoms with van der Waals surface area (Å²) in [4.78, 5) is 4.74. The van der Waals surface area contributed by atoms with Crippen LogP contribution in [-0.2, 0) is 25.7 Å². The van der Waals surface area contributed by atoms with Crippen molar-refractivity contribution in [2.24, 2.45) is 0 Å². The largest absolute Gasteiger partial charge is 0.344 e. The van der Waals surface area contributed by atoms with Gasteiger partial charge in [-0.2, -0.15) is 0 Å². The third-order valence-corrected chi connectivity index (χ3v) is 13.4. The average Bonchev–Trinajstić information content (AvgIpc) is 3.52. The number of hydrogen-bond acceptors (Lipinski definition) is 2. The molecule has 276 valence electrons. The van der Waals surface area contributed by atoms with Crippen LogP contribution < -0.4 is 9.80 Å². The second-order valence-corrected chi connectivity index (χ2v) is 16.4. The van der Waals surface area contributed by atoms with Gasteiger partial charge in [0.1, 0.15) is 0 Å². The number of aryl methyl sites for hydroxylation is 4. The molecule has 2 heteroatoms. The Balaban J connectivity index is 1.07. The zero-order valence-electron chi connectivity index (χ0n) is 32.9. The van der Waals surface area contributed by atoms with Crippen molar-refractivity contribution in [1.82, 2.24) is 0 Å². The van der Waals surface area contributed by atoms with Gasteiger partial charge in [-0.15, -0.1) is 0 Å². The van der Waals surface area contributed by atoms with E-state index >= 15 is 0 Å². The van der Waals surface area contributed by atoms with Crippen molar-refractivity contribution in [2.45, 2.75) is 25.7 Å². The summed E-state index contributed by atoms with van der Waals surface area (Å²) in [5, 5.41) is 13.1. The molecule has 0 fully saturated rings. The van der Waals surface area contributed by atoms with Crippen LogP contribution in [0.4, 0.5) is 22.7 Å². The third kappa shape index (κ3) is 4.98. The quantitative estimate of drug-likeness (QED) is 0.163. The number of fused-ring (bicyclic) bond motifs is 15. The third-order valence-electron chi connectivity index (χ3n) is 13.4. The van der Waals surface area contributed by atoms with E-state index in [1.807, 2.05) is 0 Å². The Morgan fingerprint density at radius 2 is 0.603 bits per heavy atom. The normalized spacial score (nSPS) is 13.7. The number of rotatable bonds is 2. The summed E-state index contributed by atoms with van der Waals surface area (Å²) in [6.45, 7) is 0. The summed E-state index contributed by atoms with van der Waals surface area (Å²) >= 11 is 0. The van der Waals surface area contributed by atoms with Crippen LogP contribution in [0.25, 0.3) is 76.1 Å². The lowest BCUT2D eigenvalue weighted by Gasteiger charge is -2.22. The van der Waals surface area contributed by atoms with Crippen LogP contribution in [0.15, 0.2) is 170 Å². The van der Waals surface area contributed by atoms with Gasteiger partial charge in [0, 0.05) is 36.8 Å². The molecule has 0 spiro atoms. The summed E-state index contributed by atoms with van der Waals surface area (Å²) < 4.78 is 0. The smallest absolute Gasteiger partial charge is 0.0441 e. The molecule has 0 bridgehead atoms. The van der Waals surface area contributed by atoms with Gasteiger partial charge in [0.05, 0.1) is 0 Å². The standard InChI is InChI=1S/C56H42N2/c1-57-51-17-9-3-11-35(51)19-21-41-31-37(25-29-53(41)57)39-23-27-45-43-13-5-8-16-48(43)56-50-34-40(24-28-46(50)44-14-6-7-15-47(44)55(56)49(45)33-39)38-26-30-54-42(32-38)22-20-36-12-4-10-18-52(36)58(54)2/h3-18,23-34H,19-22H2,1-2H3. The van der Waals surface area contributed by atoms with Crippen LogP contribution in [-0.4, -0.2) is 14.1 Å². The molecule has 0 radical (unpaired) electrons. The second-order valence-electron chi connectivity index (χ2n) is 16.4. The van der Waals surface area contributed by atoms with Crippen LogP contribution in [0.3, 0.4) is 0 Å². The summed E-state index contributed by atoms with van der Waals surface area (Å²) in [6, 6.07) is 64.4. The van der Waals surface area contributed by atoms with Crippen molar-refractivity contribution in [3.8, 4) is 22.3 Å². The highest BCUT2D eigenvalue weighted by Gasteiger charge is 2.22. The molecule has 0 atom stereocenters. The molecule has 12 rings (SSSR count). The van der Waals surface area contributed by atoms with E-state index in [9.17, 15) is 0 Å². The minimum atomic E-state index is 1.03. The monoisotopic (exact) mass is 742 g/mol. The van der Waals surface area contributed by atoms with E-state index in [4.69, 9.17) is 0 Å². The molecular weight excluding hydrogens is 701 g/mol. The van der Waals surface area contributed by atoms with Crippen molar-refractivity contribution >= 4 is 76.6 Å². The first-order valence-electron chi connectivity index (χ1n) is 20.7. The number of para-hydroxylation sites is 2. The van der Waals surface area contributed by atoms with E-state index in [0.29, 0.717) is 0 Å². The van der Waals surface area contributed by atoms with E-state index < -0.39 is 0 Å². The van der Waals surface area contributed by atoms with Gasteiger partial charge in [-0.1, -0.05) is 121 Å². The summed E-state index contributed by atoms with van der Waals surface area (Å²) in [6.07, 6.45) is 4.14. The average molecular weight is 743 g/mol. The van der Waals surface area contributed by atoms with E-state index in [2.05, 4.69) is 194 Å².